The number of Topliss-reactive ketones (excluding diaryl/α,β-unsaturated/α-hetero) is 1. The molecule has 0 aromatic rings. The van der Waals surface area contributed by atoms with Crippen LogP contribution in [0.2, 0.25) is 0 Å². The maximum Gasteiger partial charge on any atom is 0.162 e. The number of ketones is 1. The van der Waals surface area contributed by atoms with Gasteiger partial charge in [-0.3, -0.25) is 4.79 Å². The highest BCUT2D eigenvalue weighted by molar-refractivity contribution is 5.85. The van der Waals surface area contributed by atoms with Gasteiger partial charge >= 0.3 is 0 Å². The second-order valence-electron chi connectivity index (χ2n) is 9.14. The summed E-state index contributed by atoms with van der Waals surface area (Å²) in [7, 11) is 0. The van der Waals surface area contributed by atoms with Crippen LogP contribution >= 0.6 is 0 Å². The molecule has 0 saturated heterocycles. The third kappa shape index (κ3) is 2.27. The van der Waals surface area contributed by atoms with Crippen molar-refractivity contribution in [1.29, 1.82) is 0 Å². The van der Waals surface area contributed by atoms with Gasteiger partial charge in [0.15, 0.2) is 5.78 Å². The van der Waals surface area contributed by atoms with Crippen molar-refractivity contribution in [2.75, 3.05) is 0 Å². The van der Waals surface area contributed by atoms with Crippen LogP contribution in [0.5, 0.6) is 0 Å². The van der Waals surface area contributed by atoms with Crippen molar-refractivity contribution < 1.29 is 15.0 Å². The predicted octanol–water partition coefficient (Wildman–Crippen LogP) is 3.26. The summed E-state index contributed by atoms with van der Waals surface area (Å²) in [5.41, 5.74) is 0.410. The van der Waals surface area contributed by atoms with Crippen LogP contribution in [0.3, 0.4) is 0 Å². The Morgan fingerprint density at radius 2 is 1.91 bits per heavy atom. The van der Waals surface area contributed by atoms with E-state index in [1.54, 1.807) is 0 Å². The Balaban J connectivity index is 2.08. The normalized spacial score (nSPS) is 49.0. The molecule has 23 heavy (non-hydrogen) atoms. The third-order valence-electron chi connectivity index (χ3n) is 7.11. The van der Waals surface area contributed by atoms with Crippen LogP contribution in [0.4, 0.5) is 0 Å². The van der Waals surface area contributed by atoms with E-state index in [1.165, 1.54) is 5.57 Å². The van der Waals surface area contributed by atoms with Crippen molar-refractivity contribution in [3.63, 3.8) is 0 Å². The first-order valence-corrected chi connectivity index (χ1v) is 8.79. The first kappa shape index (κ1) is 16.9. The lowest BCUT2D eigenvalue weighted by Gasteiger charge is -2.61. The van der Waals surface area contributed by atoms with Gasteiger partial charge in [-0.1, -0.05) is 45.4 Å². The van der Waals surface area contributed by atoms with E-state index < -0.39 is 17.6 Å². The first-order chi connectivity index (χ1) is 10.5. The van der Waals surface area contributed by atoms with Crippen molar-refractivity contribution in [3.05, 3.63) is 24.3 Å². The molecule has 6 atom stereocenters. The number of hydrogen-bond donors (Lipinski definition) is 2. The largest absolute Gasteiger partial charge is 0.392 e. The van der Waals surface area contributed by atoms with Crippen LogP contribution in [0.1, 0.15) is 53.4 Å². The molecule has 0 spiro atoms. The molecule has 3 heteroatoms. The number of carbonyl (C=O) groups is 1. The van der Waals surface area contributed by atoms with Crippen LogP contribution < -0.4 is 0 Å². The Hall–Kier alpha value is -0.930. The van der Waals surface area contributed by atoms with Crippen LogP contribution in [0, 0.1) is 28.1 Å². The van der Waals surface area contributed by atoms with Crippen molar-refractivity contribution >= 4 is 5.78 Å². The number of hydrogen-bond acceptors (Lipinski definition) is 3. The molecule has 0 bridgehead atoms. The van der Waals surface area contributed by atoms with Crippen molar-refractivity contribution in [3.8, 4) is 0 Å². The molecule has 2 fully saturated rings. The van der Waals surface area contributed by atoms with Gasteiger partial charge in [-0.2, -0.15) is 0 Å². The highest BCUT2D eigenvalue weighted by Gasteiger charge is 2.61. The van der Waals surface area contributed by atoms with E-state index in [-0.39, 0.29) is 28.4 Å². The van der Waals surface area contributed by atoms with Gasteiger partial charge in [-0.25, -0.2) is 0 Å². The minimum atomic E-state index is -0.884. The Morgan fingerprint density at radius 1 is 1.26 bits per heavy atom. The SMILES string of the molecule is C=C[C@@]1(C)C=C2CC[C@@H]3C(C)(C)[C@H](O)C(=O)C[C@@]3(C)[C@@H]2[C@@H](O)C1. The van der Waals surface area contributed by atoms with Gasteiger partial charge in [-0.05, 0) is 30.6 Å². The number of allylic oxidation sites excluding steroid dienone is 2. The quantitative estimate of drug-likeness (QED) is 0.730. The van der Waals surface area contributed by atoms with Gasteiger partial charge < -0.3 is 10.2 Å². The molecular weight excluding hydrogens is 288 g/mol. The molecule has 3 aliphatic rings. The van der Waals surface area contributed by atoms with E-state index >= 15 is 0 Å². The maximum absolute atomic E-state index is 12.5. The summed E-state index contributed by atoms with van der Waals surface area (Å²) in [5.74, 6) is 0.192. The lowest BCUT2D eigenvalue weighted by molar-refractivity contribution is -0.169. The molecule has 3 aliphatic carbocycles. The number of aliphatic hydroxyl groups is 2. The number of aliphatic hydroxyl groups excluding tert-OH is 2. The number of carbonyl (C=O) groups excluding carboxylic acids is 1. The molecule has 128 valence electrons. The molecule has 3 nitrogen and oxygen atoms in total. The summed E-state index contributed by atoms with van der Waals surface area (Å²) in [6, 6.07) is 0. The molecule has 2 saturated carbocycles. The van der Waals surface area contributed by atoms with Crippen LogP contribution in [0.25, 0.3) is 0 Å². The second kappa shape index (κ2) is 5.03. The van der Waals surface area contributed by atoms with Gasteiger partial charge in [0, 0.05) is 23.2 Å². The lowest BCUT2D eigenvalue weighted by atomic mass is 9.44. The smallest absolute Gasteiger partial charge is 0.162 e. The summed E-state index contributed by atoms with van der Waals surface area (Å²) >= 11 is 0. The van der Waals surface area contributed by atoms with E-state index in [9.17, 15) is 15.0 Å². The van der Waals surface area contributed by atoms with E-state index in [4.69, 9.17) is 0 Å². The second-order valence-corrected chi connectivity index (χ2v) is 9.14. The summed E-state index contributed by atoms with van der Waals surface area (Å²) in [4.78, 5) is 12.5. The van der Waals surface area contributed by atoms with Gasteiger partial charge in [0.25, 0.3) is 0 Å². The van der Waals surface area contributed by atoms with Crippen LogP contribution in [-0.4, -0.2) is 28.2 Å². The van der Waals surface area contributed by atoms with Gasteiger partial charge in [0.05, 0.1) is 6.10 Å². The molecule has 0 amide bonds. The highest BCUT2D eigenvalue weighted by Crippen LogP contribution is 2.63. The molecule has 0 radical (unpaired) electrons. The number of fused-ring (bicyclic) bond motifs is 3. The van der Waals surface area contributed by atoms with E-state index in [0.29, 0.717) is 12.8 Å². The molecule has 0 unspecified atom stereocenters. The predicted molar refractivity (Wildman–Crippen MR) is 90.7 cm³/mol. The Kier molecular flexibility index (Phi) is 3.70. The van der Waals surface area contributed by atoms with Crippen molar-refractivity contribution in [2.45, 2.75) is 65.6 Å². The summed E-state index contributed by atoms with van der Waals surface area (Å²) < 4.78 is 0. The average molecular weight is 318 g/mol. The first-order valence-electron chi connectivity index (χ1n) is 8.79. The molecule has 0 heterocycles. The van der Waals surface area contributed by atoms with E-state index in [0.717, 1.165) is 12.8 Å². The average Bonchev–Trinajstić information content (AvgIpc) is 2.43. The third-order valence-corrected chi connectivity index (χ3v) is 7.11. The van der Waals surface area contributed by atoms with E-state index in [2.05, 4.69) is 26.5 Å². The summed E-state index contributed by atoms with van der Waals surface area (Å²) in [5, 5.41) is 21.3. The summed E-state index contributed by atoms with van der Waals surface area (Å²) in [6.45, 7) is 12.2. The molecule has 0 aliphatic heterocycles. The fourth-order valence-corrected chi connectivity index (χ4v) is 6.01. The van der Waals surface area contributed by atoms with E-state index in [1.807, 2.05) is 19.9 Å². The van der Waals surface area contributed by atoms with Gasteiger partial charge in [0.1, 0.15) is 6.10 Å². The van der Waals surface area contributed by atoms with Crippen molar-refractivity contribution in [1.82, 2.24) is 0 Å². The fourth-order valence-electron chi connectivity index (χ4n) is 6.01. The highest BCUT2D eigenvalue weighted by atomic mass is 16.3. The van der Waals surface area contributed by atoms with Crippen LogP contribution in [0.15, 0.2) is 24.3 Å². The molecule has 0 aromatic carbocycles. The van der Waals surface area contributed by atoms with Crippen molar-refractivity contribution in [2.24, 2.45) is 28.1 Å². The fraction of sp³-hybridized carbons (Fsp3) is 0.750. The molecule has 2 N–H and O–H groups in total. The lowest BCUT2D eigenvalue weighted by Crippen LogP contribution is -2.61. The number of rotatable bonds is 1. The Bertz CT molecular complexity index is 575. The zero-order valence-corrected chi connectivity index (χ0v) is 14.8. The zero-order valence-electron chi connectivity index (χ0n) is 14.8. The molecular formula is C20H30O3. The van der Waals surface area contributed by atoms with Crippen LogP contribution in [-0.2, 0) is 4.79 Å². The standard InChI is InChI=1S/C20H30O3/c1-6-19(4)9-12-7-8-15-18(2,3)17(23)14(22)11-20(15,5)16(12)13(21)10-19/h6,9,13,15-17,21,23H,1,7-8,10-11H2,2-5H3/t13-,15+,16-,17+,19-,20+/m0/s1. The maximum atomic E-state index is 12.5. The minimum absolute atomic E-state index is 0.0185. The monoisotopic (exact) mass is 318 g/mol. The van der Waals surface area contributed by atoms with Gasteiger partial charge in [-0.15, -0.1) is 6.58 Å². The molecule has 0 aromatic heterocycles. The Labute approximate surface area is 139 Å². The zero-order chi connectivity index (χ0) is 17.2. The Morgan fingerprint density at radius 3 is 2.52 bits per heavy atom. The minimum Gasteiger partial charge on any atom is -0.392 e. The summed E-state index contributed by atoms with van der Waals surface area (Å²) in [6.07, 6.45) is 5.80. The molecule has 3 rings (SSSR count). The van der Waals surface area contributed by atoms with Gasteiger partial charge in [0.2, 0.25) is 0 Å². The topological polar surface area (TPSA) is 57.5 Å².